The summed E-state index contributed by atoms with van der Waals surface area (Å²) in [4.78, 5) is 17.3. The molecule has 1 N–H and O–H groups in total. The molecule has 2 aromatic carbocycles. The van der Waals surface area contributed by atoms with Crippen LogP contribution in [0.5, 0.6) is 5.75 Å². The summed E-state index contributed by atoms with van der Waals surface area (Å²) in [7, 11) is 1.60. The van der Waals surface area contributed by atoms with Gasteiger partial charge < -0.3 is 10.1 Å². The fourth-order valence-electron chi connectivity index (χ4n) is 2.27. The molecule has 1 fully saturated rings. The second-order valence-corrected chi connectivity index (χ2v) is 7.61. The number of hydrogen-bond donors (Lipinski definition) is 1. The molecular formula is C18H14BrClN2O2S. The van der Waals surface area contributed by atoms with E-state index in [2.05, 4.69) is 26.2 Å². The molecule has 4 nitrogen and oxygen atoms in total. The van der Waals surface area contributed by atoms with Crippen LogP contribution in [0.3, 0.4) is 0 Å². The van der Waals surface area contributed by atoms with Crippen LogP contribution in [0.25, 0.3) is 6.08 Å². The number of rotatable bonds is 3. The Balaban J connectivity index is 1.92. The van der Waals surface area contributed by atoms with E-state index in [9.17, 15) is 4.79 Å². The molecule has 0 aromatic heterocycles. The summed E-state index contributed by atoms with van der Waals surface area (Å²) >= 11 is 10.8. The summed E-state index contributed by atoms with van der Waals surface area (Å²) in [6.45, 7) is 1.90. The summed E-state index contributed by atoms with van der Waals surface area (Å²) in [5.41, 5.74) is 2.42. The summed E-state index contributed by atoms with van der Waals surface area (Å²) in [5, 5.41) is 3.95. The van der Waals surface area contributed by atoms with E-state index in [1.54, 1.807) is 13.2 Å². The minimum Gasteiger partial charge on any atom is -0.496 e. The number of hydrogen-bond acceptors (Lipinski definition) is 4. The van der Waals surface area contributed by atoms with E-state index in [1.165, 1.54) is 11.8 Å². The Morgan fingerprint density at radius 3 is 2.88 bits per heavy atom. The van der Waals surface area contributed by atoms with Crippen LogP contribution in [0, 0.1) is 6.92 Å². The van der Waals surface area contributed by atoms with Crippen molar-refractivity contribution in [3.8, 4) is 5.75 Å². The summed E-state index contributed by atoms with van der Waals surface area (Å²) in [6, 6.07) is 11.1. The van der Waals surface area contributed by atoms with Gasteiger partial charge in [-0.15, -0.1) is 0 Å². The maximum absolute atomic E-state index is 12.3. The Labute approximate surface area is 163 Å². The maximum Gasteiger partial charge on any atom is 0.264 e. The molecule has 0 radical (unpaired) electrons. The molecule has 0 atom stereocenters. The number of amidine groups is 1. The molecule has 0 saturated carbocycles. The van der Waals surface area contributed by atoms with Crippen LogP contribution in [-0.2, 0) is 4.79 Å². The molecule has 1 aliphatic heterocycles. The van der Waals surface area contributed by atoms with Crippen LogP contribution in [-0.4, -0.2) is 18.2 Å². The number of methoxy groups -OCH3 is 1. The van der Waals surface area contributed by atoms with Gasteiger partial charge in [0.25, 0.3) is 5.91 Å². The highest BCUT2D eigenvalue weighted by Crippen LogP contribution is 2.33. The second-order valence-electron chi connectivity index (χ2n) is 5.25. The zero-order valence-electron chi connectivity index (χ0n) is 13.5. The van der Waals surface area contributed by atoms with Crippen LogP contribution in [0.15, 0.2) is 50.8 Å². The summed E-state index contributed by atoms with van der Waals surface area (Å²) < 4.78 is 6.26. The average Bonchev–Trinajstić information content (AvgIpc) is 2.91. The number of aliphatic imine (C=N–C) groups is 1. The Hall–Kier alpha value is -1.76. The number of nitrogens with one attached hydrogen (secondary N) is 1. The lowest BCUT2D eigenvalue weighted by atomic mass is 10.2. The van der Waals surface area contributed by atoms with E-state index >= 15 is 0 Å². The van der Waals surface area contributed by atoms with Crippen molar-refractivity contribution >= 4 is 62.1 Å². The molecular weight excluding hydrogens is 424 g/mol. The number of nitrogens with zero attached hydrogens (tertiary/aromatic N) is 1. The van der Waals surface area contributed by atoms with Gasteiger partial charge in [-0.3, -0.25) is 4.79 Å². The van der Waals surface area contributed by atoms with E-state index in [4.69, 9.17) is 16.3 Å². The number of thioether (sulfide) groups is 1. The normalized spacial score (nSPS) is 17.2. The highest BCUT2D eigenvalue weighted by Gasteiger charge is 2.24. The standard InChI is InChI=1S/C18H14BrClN2O2S/c1-10-13(20)4-3-5-14(10)21-18-22-17(23)16(25-18)9-11-8-12(19)6-7-15(11)24-2/h3-9H,1-2H3,(H,21,22,23). The molecule has 1 heterocycles. The molecule has 0 unspecified atom stereocenters. The van der Waals surface area contributed by atoms with Crippen LogP contribution < -0.4 is 10.1 Å². The number of halogens is 2. The smallest absolute Gasteiger partial charge is 0.264 e. The molecule has 128 valence electrons. The Kier molecular flexibility index (Phi) is 5.51. The third kappa shape index (κ3) is 4.08. The second kappa shape index (κ2) is 7.64. The van der Waals surface area contributed by atoms with Crippen LogP contribution in [0.4, 0.5) is 5.69 Å². The first kappa shape index (κ1) is 18.0. The molecule has 2 aromatic rings. The van der Waals surface area contributed by atoms with Gasteiger partial charge >= 0.3 is 0 Å². The lowest BCUT2D eigenvalue weighted by molar-refractivity contribution is -0.115. The van der Waals surface area contributed by atoms with Crippen molar-refractivity contribution in [1.82, 2.24) is 5.32 Å². The summed E-state index contributed by atoms with van der Waals surface area (Å²) in [5.74, 6) is 0.505. The van der Waals surface area contributed by atoms with Gasteiger partial charge in [-0.05, 0) is 60.7 Å². The van der Waals surface area contributed by atoms with Gasteiger partial charge in [0.2, 0.25) is 0 Å². The van der Waals surface area contributed by atoms with Gasteiger partial charge in [0.15, 0.2) is 5.17 Å². The summed E-state index contributed by atoms with van der Waals surface area (Å²) in [6.07, 6.45) is 1.79. The predicted molar refractivity (Wildman–Crippen MR) is 108 cm³/mol. The van der Waals surface area contributed by atoms with Gasteiger partial charge in [0.1, 0.15) is 5.75 Å². The topological polar surface area (TPSA) is 50.7 Å². The molecule has 1 aliphatic rings. The first-order valence-electron chi connectivity index (χ1n) is 7.36. The van der Waals surface area contributed by atoms with Crippen molar-refractivity contribution in [2.45, 2.75) is 6.92 Å². The molecule has 1 amide bonds. The van der Waals surface area contributed by atoms with E-state index < -0.39 is 0 Å². The average molecular weight is 438 g/mol. The minimum atomic E-state index is -0.189. The van der Waals surface area contributed by atoms with E-state index in [1.807, 2.05) is 43.3 Å². The molecule has 3 rings (SSSR count). The molecule has 0 aliphatic carbocycles. The Morgan fingerprint density at radius 1 is 1.32 bits per heavy atom. The third-order valence-corrected chi connectivity index (χ3v) is 5.40. The van der Waals surface area contributed by atoms with E-state index in [0.717, 1.165) is 21.3 Å². The van der Waals surface area contributed by atoms with Crippen molar-refractivity contribution in [1.29, 1.82) is 0 Å². The fourth-order valence-corrected chi connectivity index (χ4v) is 3.64. The monoisotopic (exact) mass is 436 g/mol. The number of benzene rings is 2. The first-order chi connectivity index (χ1) is 12.0. The van der Waals surface area contributed by atoms with Crippen LogP contribution >= 0.6 is 39.3 Å². The Morgan fingerprint density at radius 2 is 2.12 bits per heavy atom. The zero-order chi connectivity index (χ0) is 18.0. The number of amides is 1. The van der Waals surface area contributed by atoms with Crippen molar-refractivity contribution in [2.75, 3.05) is 7.11 Å². The highest BCUT2D eigenvalue weighted by atomic mass is 79.9. The van der Waals surface area contributed by atoms with Crippen LogP contribution in [0.1, 0.15) is 11.1 Å². The predicted octanol–water partition coefficient (Wildman–Crippen LogP) is 5.31. The minimum absolute atomic E-state index is 0.189. The van der Waals surface area contributed by atoms with Gasteiger partial charge in [-0.1, -0.05) is 33.6 Å². The zero-order valence-corrected chi connectivity index (χ0v) is 16.6. The quantitative estimate of drug-likeness (QED) is 0.662. The van der Waals surface area contributed by atoms with E-state index in [-0.39, 0.29) is 5.91 Å². The fraction of sp³-hybridized carbons (Fsp3) is 0.111. The molecule has 1 saturated heterocycles. The number of carbonyl (C=O) groups is 1. The van der Waals surface area contributed by atoms with Crippen molar-refractivity contribution in [3.63, 3.8) is 0 Å². The molecule has 7 heteroatoms. The SMILES string of the molecule is COc1ccc(Br)cc1C=C1SC(=Nc2cccc(Cl)c2C)NC1=O. The molecule has 0 spiro atoms. The van der Waals surface area contributed by atoms with Crippen molar-refractivity contribution < 1.29 is 9.53 Å². The van der Waals surface area contributed by atoms with Crippen molar-refractivity contribution in [2.24, 2.45) is 4.99 Å². The number of ether oxygens (including phenoxy) is 1. The first-order valence-corrected chi connectivity index (χ1v) is 9.35. The van der Waals surface area contributed by atoms with Gasteiger partial charge in [-0.25, -0.2) is 4.99 Å². The van der Waals surface area contributed by atoms with Gasteiger partial charge in [0.05, 0.1) is 17.7 Å². The van der Waals surface area contributed by atoms with E-state index in [0.29, 0.717) is 20.8 Å². The highest BCUT2D eigenvalue weighted by molar-refractivity contribution is 9.10. The number of carbonyl (C=O) groups excluding carboxylic acids is 1. The lowest BCUT2D eigenvalue weighted by Gasteiger charge is -2.05. The largest absolute Gasteiger partial charge is 0.496 e. The van der Waals surface area contributed by atoms with Gasteiger partial charge in [0, 0.05) is 15.1 Å². The van der Waals surface area contributed by atoms with Crippen molar-refractivity contribution in [3.05, 3.63) is 61.9 Å². The maximum atomic E-state index is 12.3. The third-order valence-electron chi connectivity index (χ3n) is 3.59. The van der Waals surface area contributed by atoms with Gasteiger partial charge in [-0.2, -0.15) is 0 Å². The molecule has 0 bridgehead atoms. The molecule has 25 heavy (non-hydrogen) atoms. The Bertz CT molecular complexity index is 912. The van der Waals surface area contributed by atoms with Crippen LogP contribution in [0.2, 0.25) is 5.02 Å². The lowest BCUT2D eigenvalue weighted by Crippen LogP contribution is -2.19.